The van der Waals surface area contributed by atoms with Gasteiger partial charge in [0.2, 0.25) is 0 Å². The maximum absolute atomic E-state index is 12.9. The van der Waals surface area contributed by atoms with Crippen molar-refractivity contribution < 1.29 is 9.18 Å². The second-order valence-electron chi connectivity index (χ2n) is 6.98. The lowest BCUT2D eigenvalue weighted by Gasteiger charge is -2.28. The van der Waals surface area contributed by atoms with Gasteiger partial charge in [0.05, 0.1) is 0 Å². The Labute approximate surface area is 168 Å². The summed E-state index contributed by atoms with van der Waals surface area (Å²) in [6, 6.07) is 17.1. The standard InChI is InChI=1S/C22H22FN5O/c23-16-4-6-18(7-5-16)25-22(29)20-12-13-21(27-26-20)24-17-8-10-19(11-9-17)28-14-2-1-3-15-28/h4-13H,1-3,14-15H2,(H,24,27)(H,25,29). The predicted octanol–water partition coefficient (Wildman–Crippen LogP) is 4.60. The molecule has 0 atom stereocenters. The van der Waals surface area contributed by atoms with E-state index in [9.17, 15) is 9.18 Å². The molecule has 148 valence electrons. The monoisotopic (exact) mass is 391 g/mol. The molecule has 0 radical (unpaired) electrons. The number of carbonyl (C=O) groups is 1. The lowest BCUT2D eigenvalue weighted by Crippen LogP contribution is -2.29. The number of amides is 1. The topological polar surface area (TPSA) is 70.2 Å². The number of halogens is 1. The van der Waals surface area contributed by atoms with E-state index in [0.29, 0.717) is 11.5 Å². The van der Waals surface area contributed by atoms with Crippen LogP contribution in [0.4, 0.5) is 27.3 Å². The van der Waals surface area contributed by atoms with E-state index in [0.717, 1.165) is 18.8 Å². The van der Waals surface area contributed by atoms with E-state index in [-0.39, 0.29) is 11.5 Å². The third kappa shape index (κ3) is 4.87. The SMILES string of the molecule is O=C(Nc1ccc(F)cc1)c1ccc(Nc2ccc(N3CCCCC3)cc2)nn1. The third-order valence-electron chi connectivity index (χ3n) is 4.86. The molecule has 0 saturated carbocycles. The largest absolute Gasteiger partial charge is 0.372 e. The molecule has 1 aromatic heterocycles. The van der Waals surface area contributed by atoms with Gasteiger partial charge < -0.3 is 15.5 Å². The quantitative estimate of drug-likeness (QED) is 0.665. The van der Waals surface area contributed by atoms with Crippen LogP contribution >= 0.6 is 0 Å². The third-order valence-corrected chi connectivity index (χ3v) is 4.86. The summed E-state index contributed by atoms with van der Waals surface area (Å²) in [6.07, 6.45) is 3.81. The number of anilines is 4. The van der Waals surface area contributed by atoms with Crippen LogP contribution in [0.1, 0.15) is 29.8 Å². The van der Waals surface area contributed by atoms with E-state index < -0.39 is 5.91 Å². The van der Waals surface area contributed by atoms with Crippen molar-refractivity contribution in [1.29, 1.82) is 0 Å². The Morgan fingerprint density at radius 1 is 0.828 bits per heavy atom. The molecule has 1 saturated heterocycles. The number of aromatic nitrogens is 2. The first-order valence-corrected chi connectivity index (χ1v) is 9.70. The van der Waals surface area contributed by atoms with Crippen molar-refractivity contribution in [2.24, 2.45) is 0 Å². The molecular formula is C22H22FN5O. The van der Waals surface area contributed by atoms with Crippen LogP contribution in [-0.2, 0) is 0 Å². The van der Waals surface area contributed by atoms with Gasteiger partial charge in [-0.2, -0.15) is 0 Å². The van der Waals surface area contributed by atoms with Crippen LogP contribution in [-0.4, -0.2) is 29.2 Å². The molecule has 1 amide bonds. The van der Waals surface area contributed by atoms with Crippen molar-refractivity contribution in [3.05, 3.63) is 72.2 Å². The molecule has 0 unspecified atom stereocenters. The predicted molar refractivity (Wildman–Crippen MR) is 112 cm³/mol. The van der Waals surface area contributed by atoms with Crippen molar-refractivity contribution in [1.82, 2.24) is 10.2 Å². The molecule has 2 N–H and O–H groups in total. The van der Waals surface area contributed by atoms with E-state index in [2.05, 4.69) is 37.9 Å². The van der Waals surface area contributed by atoms with Gasteiger partial charge in [0.15, 0.2) is 11.5 Å². The highest BCUT2D eigenvalue weighted by molar-refractivity contribution is 6.02. The molecule has 6 nitrogen and oxygen atoms in total. The molecule has 2 aromatic carbocycles. The van der Waals surface area contributed by atoms with E-state index in [1.54, 1.807) is 12.1 Å². The minimum Gasteiger partial charge on any atom is -0.372 e. The number of hydrogen-bond donors (Lipinski definition) is 2. The molecule has 0 spiro atoms. The van der Waals surface area contributed by atoms with Crippen LogP contribution in [0.15, 0.2) is 60.7 Å². The zero-order valence-corrected chi connectivity index (χ0v) is 15.9. The number of nitrogens with zero attached hydrogens (tertiary/aromatic N) is 3. The van der Waals surface area contributed by atoms with Crippen LogP contribution in [0.3, 0.4) is 0 Å². The van der Waals surface area contributed by atoms with Gasteiger partial charge in [0.1, 0.15) is 5.82 Å². The summed E-state index contributed by atoms with van der Waals surface area (Å²) in [6.45, 7) is 2.22. The van der Waals surface area contributed by atoms with Gasteiger partial charge in [0, 0.05) is 30.2 Å². The fourth-order valence-corrected chi connectivity index (χ4v) is 3.30. The van der Waals surface area contributed by atoms with Crippen LogP contribution in [0, 0.1) is 5.82 Å². The van der Waals surface area contributed by atoms with Crippen LogP contribution < -0.4 is 15.5 Å². The van der Waals surface area contributed by atoms with Gasteiger partial charge in [-0.25, -0.2) is 4.39 Å². The van der Waals surface area contributed by atoms with E-state index in [4.69, 9.17) is 0 Å². The van der Waals surface area contributed by atoms with Gasteiger partial charge in [0.25, 0.3) is 5.91 Å². The van der Waals surface area contributed by atoms with Crippen molar-refractivity contribution in [3.63, 3.8) is 0 Å². The van der Waals surface area contributed by atoms with Crippen molar-refractivity contribution in [3.8, 4) is 0 Å². The lowest BCUT2D eigenvalue weighted by molar-refractivity contribution is 0.102. The summed E-state index contributed by atoms with van der Waals surface area (Å²) in [5.74, 6) is -0.210. The molecular weight excluding hydrogens is 369 g/mol. The molecule has 1 fully saturated rings. The van der Waals surface area contributed by atoms with E-state index in [1.807, 2.05) is 12.1 Å². The van der Waals surface area contributed by atoms with Gasteiger partial charge >= 0.3 is 0 Å². The highest BCUT2D eigenvalue weighted by Crippen LogP contribution is 2.23. The first-order chi connectivity index (χ1) is 14.2. The maximum Gasteiger partial charge on any atom is 0.276 e. The second kappa shape index (κ2) is 8.68. The van der Waals surface area contributed by atoms with Crippen LogP contribution in [0.2, 0.25) is 0 Å². The Kier molecular flexibility index (Phi) is 5.65. The molecule has 3 aromatic rings. The zero-order valence-electron chi connectivity index (χ0n) is 15.9. The Bertz CT molecular complexity index is 952. The number of carbonyl (C=O) groups excluding carboxylic acids is 1. The molecule has 0 aliphatic carbocycles. The Morgan fingerprint density at radius 3 is 2.17 bits per heavy atom. The molecule has 0 bridgehead atoms. The average Bonchev–Trinajstić information content (AvgIpc) is 2.77. The fraction of sp³-hybridized carbons (Fsp3) is 0.227. The van der Waals surface area contributed by atoms with E-state index in [1.165, 1.54) is 49.2 Å². The molecule has 4 rings (SSSR count). The fourth-order valence-electron chi connectivity index (χ4n) is 3.30. The minimum atomic E-state index is -0.401. The minimum absolute atomic E-state index is 0.181. The maximum atomic E-state index is 12.9. The number of piperidine rings is 1. The number of nitrogens with one attached hydrogen (secondary N) is 2. The Hall–Kier alpha value is -3.48. The second-order valence-corrected chi connectivity index (χ2v) is 6.98. The Balaban J connectivity index is 1.36. The first-order valence-electron chi connectivity index (χ1n) is 9.70. The van der Waals surface area contributed by atoms with E-state index >= 15 is 0 Å². The highest BCUT2D eigenvalue weighted by atomic mass is 19.1. The number of benzene rings is 2. The summed E-state index contributed by atoms with van der Waals surface area (Å²) in [4.78, 5) is 14.6. The molecule has 1 aliphatic rings. The summed E-state index contributed by atoms with van der Waals surface area (Å²) < 4.78 is 12.9. The van der Waals surface area contributed by atoms with Crippen molar-refractivity contribution in [2.45, 2.75) is 19.3 Å². The highest BCUT2D eigenvalue weighted by Gasteiger charge is 2.11. The zero-order chi connectivity index (χ0) is 20.1. The van der Waals surface area contributed by atoms with Gasteiger partial charge in [-0.05, 0) is 79.9 Å². The molecule has 2 heterocycles. The number of hydrogen-bond acceptors (Lipinski definition) is 5. The van der Waals surface area contributed by atoms with Gasteiger partial charge in [-0.3, -0.25) is 4.79 Å². The average molecular weight is 391 g/mol. The molecule has 29 heavy (non-hydrogen) atoms. The van der Waals surface area contributed by atoms with Crippen molar-refractivity contribution in [2.75, 3.05) is 28.6 Å². The smallest absolute Gasteiger partial charge is 0.276 e. The van der Waals surface area contributed by atoms with Crippen LogP contribution in [0.5, 0.6) is 0 Å². The van der Waals surface area contributed by atoms with Gasteiger partial charge in [-0.1, -0.05) is 0 Å². The summed E-state index contributed by atoms with van der Waals surface area (Å²) in [7, 11) is 0. The van der Waals surface area contributed by atoms with Gasteiger partial charge in [-0.15, -0.1) is 10.2 Å². The summed E-state index contributed by atoms with van der Waals surface area (Å²) >= 11 is 0. The van der Waals surface area contributed by atoms with Crippen LogP contribution in [0.25, 0.3) is 0 Å². The summed E-state index contributed by atoms with van der Waals surface area (Å²) in [5.41, 5.74) is 2.81. The normalized spacial score (nSPS) is 13.8. The molecule has 1 aliphatic heterocycles. The summed E-state index contributed by atoms with van der Waals surface area (Å²) in [5, 5.41) is 13.9. The molecule has 7 heteroatoms. The Morgan fingerprint density at radius 2 is 1.52 bits per heavy atom. The lowest BCUT2D eigenvalue weighted by atomic mass is 10.1. The van der Waals surface area contributed by atoms with Crippen molar-refractivity contribution >= 4 is 28.8 Å². The first kappa shape index (κ1) is 18.9. The number of rotatable bonds is 5.